The molecule has 0 spiro atoms. The minimum Gasteiger partial charge on any atom is -0.356 e. The van der Waals surface area contributed by atoms with Gasteiger partial charge in [0.25, 0.3) is 0 Å². The molecule has 0 radical (unpaired) electrons. The summed E-state index contributed by atoms with van der Waals surface area (Å²) in [7, 11) is 1.79. The molecule has 6 nitrogen and oxygen atoms in total. The molecule has 0 saturated heterocycles. The molecule has 1 aliphatic carbocycles. The van der Waals surface area contributed by atoms with Gasteiger partial charge >= 0.3 is 0 Å². The number of hydrogen-bond acceptors (Lipinski definition) is 3. The Morgan fingerprint density at radius 1 is 1.39 bits per heavy atom. The zero-order chi connectivity index (χ0) is 18.9. The standard InChI is InChI=1S/C20H27FN6.HI/c1-3-17-25-18-8-7-16(12-27(18)26-17)24-19(22-2)23-13-20(9-10-20)14-5-4-6-15(21)11-14;/h4-6,11,16H,3,7-10,12-13H2,1-2H3,(H2,22,23,24);1H. The van der Waals surface area contributed by atoms with E-state index in [0.29, 0.717) is 0 Å². The highest BCUT2D eigenvalue weighted by molar-refractivity contribution is 14.0. The molecule has 2 aliphatic rings. The summed E-state index contributed by atoms with van der Waals surface area (Å²) in [5.74, 6) is 2.62. The molecule has 28 heavy (non-hydrogen) atoms. The average molecular weight is 498 g/mol. The molecule has 2 aromatic rings. The lowest BCUT2D eigenvalue weighted by atomic mass is 9.96. The summed E-state index contributed by atoms with van der Waals surface area (Å²) in [6, 6.07) is 7.24. The summed E-state index contributed by atoms with van der Waals surface area (Å²) in [6.45, 7) is 3.64. The van der Waals surface area contributed by atoms with Crippen LogP contribution in [0.5, 0.6) is 0 Å². The van der Waals surface area contributed by atoms with Gasteiger partial charge in [0, 0.05) is 37.9 Å². The van der Waals surface area contributed by atoms with E-state index >= 15 is 0 Å². The molecule has 1 aromatic heterocycles. The van der Waals surface area contributed by atoms with Crippen LogP contribution in [0.4, 0.5) is 4.39 Å². The van der Waals surface area contributed by atoms with Crippen molar-refractivity contribution in [3.63, 3.8) is 0 Å². The number of hydrogen-bond donors (Lipinski definition) is 2. The SMILES string of the molecule is CCc1nc2n(n1)CC(NC(=NC)NCC1(c3cccc(F)c3)CC1)CC2.I. The molecule has 1 aliphatic heterocycles. The van der Waals surface area contributed by atoms with Crippen LogP contribution in [0.3, 0.4) is 0 Å². The first-order chi connectivity index (χ1) is 13.1. The molecule has 1 unspecified atom stereocenters. The van der Waals surface area contributed by atoms with E-state index in [2.05, 4.69) is 32.6 Å². The van der Waals surface area contributed by atoms with Crippen molar-refractivity contribution < 1.29 is 4.39 Å². The number of benzene rings is 1. The number of halogens is 2. The Balaban J connectivity index is 0.00000225. The van der Waals surface area contributed by atoms with Crippen LogP contribution in [0.1, 0.15) is 43.4 Å². The topological polar surface area (TPSA) is 67.1 Å². The van der Waals surface area contributed by atoms with E-state index in [-0.39, 0.29) is 41.3 Å². The van der Waals surface area contributed by atoms with Crippen molar-refractivity contribution in [2.24, 2.45) is 4.99 Å². The lowest BCUT2D eigenvalue weighted by Crippen LogP contribution is -2.48. The Morgan fingerprint density at radius 2 is 2.21 bits per heavy atom. The van der Waals surface area contributed by atoms with E-state index in [1.807, 2.05) is 10.7 Å². The first-order valence-corrected chi connectivity index (χ1v) is 9.78. The molecule has 4 rings (SSSR count). The summed E-state index contributed by atoms with van der Waals surface area (Å²) < 4.78 is 15.6. The van der Waals surface area contributed by atoms with E-state index in [1.165, 1.54) is 6.07 Å². The number of nitrogens with one attached hydrogen (secondary N) is 2. The first-order valence-electron chi connectivity index (χ1n) is 9.78. The lowest BCUT2D eigenvalue weighted by molar-refractivity contribution is 0.391. The molecule has 0 bridgehead atoms. The van der Waals surface area contributed by atoms with Crippen LogP contribution in [0.25, 0.3) is 0 Å². The van der Waals surface area contributed by atoms with Gasteiger partial charge in [-0.1, -0.05) is 19.1 Å². The van der Waals surface area contributed by atoms with Crippen molar-refractivity contribution in [1.29, 1.82) is 0 Å². The molecule has 2 heterocycles. The first kappa shape index (κ1) is 21.0. The van der Waals surface area contributed by atoms with Crippen LogP contribution >= 0.6 is 24.0 Å². The molecular formula is C20H28FIN6. The van der Waals surface area contributed by atoms with Crippen LogP contribution in [0, 0.1) is 5.82 Å². The molecule has 2 N–H and O–H groups in total. The highest BCUT2D eigenvalue weighted by atomic mass is 127. The quantitative estimate of drug-likeness (QED) is 0.378. The summed E-state index contributed by atoms with van der Waals surface area (Å²) in [6.07, 6.45) is 4.95. The lowest BCUT2D eigenvalue weighted by Gasteiger charge is -2.26. The largest absolute Gasteiger partial charge is 0.356 e. The summed E-state index contributed by atoms with van der Waals surface area (Å²) in [5.41, 5.74) is 1.10. The smallest absolute Gasteiger partial charge is 0.191 e. The number of fused-ring (bicyclic) bond motifs is 1. The van der Waals surface area contributed by atoms with Gasteiger partial charge in [-0.3, -0.25) is 4.99 Å². The van der Waals surface area contributed by atoms with Gasteiger partial charge in [0.05, 0.1) is 6.54 Å². The van der Waals surface area contributed by atoms with Gasteiger partial charge < -0.3 is 10.6 Å². The molecule has 152 valence electrons. The van der Waals surface area contributed by atoms with Crippen molar-refractivity contribution in [3.8, 4) is 0 Å². The normalized spacial score (nSPS) is 20.1. The van der Waals surface area contributed by atoms with Gasteiger partial charge in [-0.25, -0.2) is 14.1 Å². The molecule has 1 fully saturated rings. The molecule has 8 heteroatoms. The van der Waals surface area contributed by atoms with Crippen LogP contribution in [0.15, 0.2) is 29.3 Å². The van der Waals surface area contributed by atoms with Crippen molar-refractivity contribution in [2.75, 3.05) is 13.6 Å². The number of rotatable bonds is 5. The van der Waals surface area contributed by atoms with Gasteiger partial charge in [-0.05, 0) is 37.0 Å². The Labute approximate surface area is 182 Å². The molecular weight excluding hydrogens is 470 g/mol. The Bertz CT molecular complexity index is 845. The van der Waals surface area contributed by atoms with Gasteiger partial charge in [-0.15, -0.1) is 24.0 Å². The van der Waals surface area contributed by atoms with Crippen LogP contribution in [0.2, 0.25) is 0 Å². The fourth-order valence-corrected chi connectivity index (χ4v) is 3.81. The fourth-order valence-electron chi connectivity index (χ4n) is 3.81. The van der Waals surface area contributed by atoms with Crippen molar-refractivity contribution >= 4 is 29.9 Å². The second kappa shape index (κ2) is 8.75. The van der Waals surface area contributed by atoms with Crippen LogP contribution in [-0.4, -0.2) is 40.4 Å². The minimum absolute atomic E-state index is 0. The third kappa shape index (κ3) is 4.47. The molecule has 1 atom stereocenters. The fraction of sp³-hybridized carbons (Fsp3) is 0.550. The minimum atomic E-state index is -0.168. The van der Waals surface area contributed by atoms with E-state index in [1.54, 1.807) is 19.2 Å². The summed E-state index contributed by atoms with van der Waals surface area (Å²) >= 11 is 0. The van der Waals surface area contributed by atoms with E-state index in [0.717, 1.165) is 68.4 Å². The monoisotopic (exact) mass is 498 g/mol. The highest BCUT2D eigenvalue weighted by Crippen LogP contribution is 2.47. The molecule has 1 aromatic carbocycles. The van der Waals surface area contributed by atoms with Crippen LogP contribution in [-0.2, 0) is 24.8 Å². The van der Waals surface area contributed by atoms with Crippen molar-refractivity contribution in [1.82, 2.24) is 25.4 Å². The zero-order valence-corrected chi connectivity index (χ0v) is 18.7. The Hall–Kier alpha value is -1.71. The highest BCUT2D eigenvalue weighted by Gasteiger charge is 2.44. The second-order valence-electron chi connectivity index (χ2n) is 7.58. The summed E-state index contributed by atoms with van der Waals surface area (Å²) in [5, 5.41) is 11.5. The Kier molecular flexibility index (Phi) is 6.57. The average Bonchev–Trinajstić information content (AvgIpc) is 3.36. The van der Waals surface area contributed by atoms with Gasteiger partial charge in [-0.2, -0.15) is 5.10 Å². The maximum atomic E-state index is 13.6. The molecule has 0 amide bonds. The second-order valence-corrected chi connectivity index (χ2v) is 7.58. The number of aryl methyl sites for hydroxylation is 2. The third-order valence-corrected chi connectivity index (χ3v) is 5.67. The predicted molar refractivity (Wildman–Crippen MR) is 119 cm³/mol. The number of aliphatic imine (C=N–C) groups is 1. The van der Waals surface area contributed by atoms with Gasteiger partial charge in [0.1, 0.15) is 11.6 Å². The third-order valence-electron chi connectivity index (χ3n) is 5.67. The van der Waals surface area contributed by atoms with Gasteiger partial charge in [0.2, 0.25) is 0 Å². The van der Waals surface area contributed by atoms with Crippen molar-refractivity contribution in [3.05, 3.63) is 47.3 Å². The number of guanidine groups is 1. The summed E-state index contributed by atoms with van der Waals surface area (Å²) in [4.78, 5) is 8.94. The number of aromatic nitrogens is 3. The van der Waals surface area contributed by atoms with E-state index in [4.69, 9.17) is 0 Å². The maximum Gasteiger partial charge on any atom is 0.191 e. The van der Waals surface area contributed by atoms with E-state index in [9.17, 15) is 4.39 Å². The molecule has 1 saturated carbocycles. The zero-order valence-electron chi connectivity index (χ0n) is 16.4. The number of nitrogens with zero attached hydrogens (tertiary/aromatic N) is 4. The van der Waals surface area contributed by atoms with Crippen LogP contribution < -0.4 is 10.6 Å². The predicted octanol–water partition coefficient (Wildman–Crippen LogP) is 2.81. The van der Waals surface area contributed by atoms with E-state index < -0.39 is 0 Å². The maximum absolute atomic E-state index is 13.6. The Morgan fingerprint density at radius 3 is 2.89 bits per heavy atom. The van der Waals surface area contributed by atoms with Gasteiger partial charge in [0.15, 0.2) is 11.8 Å². The van der Waals surface area contributed by atoms with Crippen molar-refractivity contribution in [2.45, 2.75) is 57.0 Å².